The van der Waals surface area contributed by atoms with Gasteiger partial charge in [0, 0.05) is 22.9 Å². The lowest BCUT2D eigenvalue weighted by atomic mass is 9.85. The van der Waals surface area contributed by atoms with Crippen LogP contribution in [0.15, 0.2) is 60.9 Å². The maximum Gasteiger partial charge on any atom is 0.346 e. The molecule has 13 heteroatoms. The third kappa shape index (κ3) is 7.83. The predicted octanol–water partition coefficient (Wildman–Crippen LogP) is 6.59. The first-order valence-electron chi connectivity index (χ1n) is 16.9. The Hall–Kier alpha value is -3.87. The molecule has 0 spiro atoms. The predicted molar refractivity (Wildman–Crippen MR) is 196 cm³/mol. The number of likely N-dealkylation sites (tertiary alicyclic amines) is 1. The van der Waals surface area contributed by atoms with Gasteiger partial charge in [-0.2, -0.15) is 4.73 Å². The number of ether oxygens (including phenoxy) is 3. The summed E-state index contributed by atoms with van der Waals surface area (Å²) in [6, 6.07) is 15.2. The maximum atomic E-state index is 14.1. The second-order valence-electron chi connectivity index (χ2n) is 13.2. The molecule has 2 aromatic carbocycles. The quantitative estimate of drug-likeness (QED) is 0.0884. The van der Waals surface area contributed by atoms with Gasteiger partial charge in [-0.05, 0) is 98.6 Å². The number of esters is 1. The second-order valence-corrected chi connectivity index (χ2v) is 15.2. The van der Waals surface area contributed by atoms with Crippen molar-refractivity contribution in [3.05, 3.63) is 114 Å². The number of nitrogens with zero attached hydrogens (tertiary/aromatic N) is 2. The molecule has 1 aliphatic carbocycles. The number of aromatic carboxylic acids is 1. The molecule has 0 amide bonds. The molecule has 1 aliphatic heterocycles. The largest absolute Gasteiger partial charge is 0.619 e. The standard InChI is InChI=1S/C38H41Cl2N3O7S/c1-42-14-11-23(12-15-42)22-50-37(46)38(13-10-24-6-4-5-7-30(24)38)41-19-26-17-28(35(51-26)36(44)45)27(18-29-31(39)20-43(47)21-32(29)40)25-8-9-33(48-2)34(16-25)49-3/h4-9,16-17,20-21,23,27,41H,10-15,18-19,22H2,1-3H3,(H,44,45)/t27-,38?/m0/s1. The van der Waals surface area contributed by atoms with Gasteiger partial charge in [0.05, 0.1) is 20.8 Å². The molecule has 51 heavy (non-hydrogen) atoms. The van der Waals surface area contributed by atoms with Crippen LogP contribution in [0.25, 0.3) is 0 Å². The topological polar surface area (TPSA) is 124 Å². The van der Waals surface area contributed by atoms with Crippen molar-refractivity contribution in [2.24, 2.45) is 5.92 Å². The lowest BCUT2D eigenvalue weighted by Crippen LogP contribution is -2.48. The van der Waals surface area contributed by atoms with Gasteiger partial charge in [0.25, 0.3) is 0 Å². The van der Waals surface area contributed by atoms with E-state index in [1.165, 1.54) is 26.6 Å². The number of thiophene rings is 1. The molecule has 2 aliphatic rings. The number of aromatic nitrogens is 1. The lowest BCUT2D eigenvalue weighted by molar-refractivity contribution is -0.605. The number of nitrogens with one attached hydrogen (secondary N) is 1. The van der Waals surface area contributed by atoms with Crippen molar-refractivity contribution in [1.29, 1.82) is 0 Å². The highest BCUT2D eigenvalue weighted by molar-refractivity contribution is 7.14. The van der Waals surface area contributed by atoms with Crippen LogP contribution in [0.1, 0.15) is 67.5 Å². The van der Waals surface area contributed by atoms with Crippen molar-refractivity contribution in [3.8, 4) is 11.5 Å². The van der Waals surface area contributed by atoms with E-state index in [0.717, 1.165) is 58.8 Å². The van der Waals surface area contributed by atoms with Gasteiger partial charge in [-0.1, -0.05) is 53.5 Å². The summed E-state index contributed by atoms with van der Waals surface area (Å²) in [4.78, 5) is 30.1. The minimum absolute atomic E-state index is 0.138. The molecule has 6 rings (SSSR count). The van der Waals surface area contributed by atoms with Crippen molar-refractivity contribution < 1.29 is 33.6 Å². The number of hydrogen-bond donors (Lipinski definition) is 2. The van der Waals surface area contributed by atoms with E-state index in [1.807, 2.05) is 36.4 Å². The molecule has 0 radical (unpaired) electrons. The first-order chi connectivity index (χ1) is 24.5. The Balaban J connectivity index is 1.34. The zero-order valence-electron chi connectivity index (χ0n) is 28.7. The third-order valence-electron chi connectivity index (χ3n) is 10.1. The molecule has 1 fully saturated rings. The molecule has 270 valence electrons. The van der Waals surface area contributed by atoms with Gasteiger partial charge >= 0.3 is 11.9 Å². The van der Waals surface area contributed by atoms with Crippen LogP contribution in [0.3, 0.4) is 0 Å². The van der Waals surface area contributed by atoms with Gasteiger partial charge in [0.15, 0.2) is 23.9 Å². The SMILES string of the molecule is COc1ccc([C@H](Cc2c(Cl)c[n+]([O-])cc2Cl)c2cc(CNC3(C(=O)OCC4CCN(C)CC4)CCc4ccccc43)sc2C(=O)O)cc1OC. The Labute approximate surface area is 311 Å². The van der Waals surface area contributed by atoms with Gasteiger partial charge < -0.3 is 29.4 Å². The van der Waals surface area contributed by atoms with E-state index in [1.54, 1.807) is 12.1 Å². The Morgan fingerprint density at radius 1 is 1.08 bits per heavy atom. The Morgan fingerprint density at radius 3 is 2.47 bits per heavy atom. The van der Waals surface area contributed by atoms with Crippen LogP contribution in [0.2, 0.25) is 10.0 Å². The average Bonchev–Trinajstić information content (AvgIpc) is 3.72. The van der Waals surface area contributed by atoms with Crippen molar-refractivity contribution in [1.82, 2.24) is 10.2 Å². The number of carboxylic acid groups (broad SMARTS) is 1. The molecule has 3 heterocycles. The molecule has 1 saturated heterocycles. The highest BCUT2D eigenvalue weighted by atomic mass is 35.5. The zero-order chi connectivity index (χ0) is 36.3. The van der Waals surface area contributed by atoms with Crippen LogP contribution in [0.5, 0.6) is 11.5 Å². The van der Waals surface area contributed by atoms with E-state index < -0.39 is 17.4 Å². The molecule has 0 saturated carbocycles. The molecule has 2 N–H and O–H groups in total. The van der Waals surface area contributed by atoms with E-state index in [9.17, 15) is 19.9 Å². The summed E-state index contributed by atoms with van der Waals surface area (Å²) in [6.45, 7) is 2.55. The van der Waals surface area contributed by atoms with Crippen LogP contribution >= 0.6 is 34.5 Å². The summed E-state index contributed by atoms with van der Waals surface area (Å²) < 4.78 is 17.6. The number of aryl methyl sites for hydroxylation is 1. The van der Waals surface area contributed by atoms with Gasteiger partial charge in [0.2, 0.25) is 0 Å². The minimum Gasteiger partial charge on any atom is -0.619 e. The average molecular weight is 755 g/mol. The molecule has 4 aromatic rings. The number of hydrogen-bond acceptors (Lipinski definition) is 9. The fourth-order valence-electron chi connectivity index (χ4n) is 7.24. The minimum atomic E-state index is -1.09. The van der Waals surface area contributed by atoms with E-state index in [0.29, 0.717) is 52.7 Å². The smallest absolute Gasteiger partial charge is 0.346 e. The molecule has 2 aromatic heterocycles. The van der Waals surface area contributed by atoms with Crippen molar-refractivity contribution in [3.63, 3.8) is 0 Å². The van der Waals surface area contributed by atoms with E-state index in [2.05, 4.69) is 17.3 Å². The summed E-state index contributed by atoms with van der Waals surface area (Å²) in [5, 5.41) is 26.4. The molecule has 10 nitrogen and oxygen atoms in total. The van der Waals surface area contributed by atoms with Gasteiger partial charge in [0.1, 0.15) is 20.5 Å². The lowest BCUT2D eigenvalue weighted by Gasteiger charge is -2.32. The van der Waals surface area contributed by atoms with E-state index in [-0.39, 0.29) is 33.9 Å². The monoisotopic (exact) mass is 753 g/mol. The molecule has 2 atom stereocenters. The number of benzene rings is 2. The normalized spacial score (nSPS) is 18.3. The number of carbonyl (C=O) groups excluding carboxylic acids is 1. The van der Waals surface area contributed by atoms with Gasteiger partial charge in [-0.3, -0.25) is 5.32 Å². The third-order valence-corrected chi connectivity index (χ3v) is 11.9. The van der Waals surface area contributed by atoms with Crippen molar-refractivity contribution >= 4 is 46.5 Å². The molecule has 1 unspecified atom stereocenters. The van der Waals surface area contributed by atoms with Gasteiger partial charge in [-0.25, -0.2) is 9.59 Å². The highest BCUT2D eigenvalue weighted by Gasteiger charge is 2.46. The number of piperidine rings is 1. The van der Waals surface area contributed by atoms with Crippen LogP contribution in [0, 0.1) is 11.1 Å². The number of methoxy groups -OCH3 is 2. The fraction of sp³-hybridized carbons (Fsp3) is 0.395. The summed E-state index contributed by atoms with van der Waals surface area (Å²) >= 11 is 14.2. The number of carbonyl (C=O) groups is 2. The van der Waals surface area contributed by atoms with Crippen LogP contribution in [0.4, 0.5) is 0 Å². The summed E-state index contributed by atoms with van der Waals surface area (Å²) in [5.41, 5.74) is 2.67. The first-order valence-corrected chi connectivity index (χ1v) is 18.4. The van der Waals surface area contributed by atoms with Crippen molar-refractivity contribution in [2.45, 2.75) is 50.1 Å². The van der Waals surface area contributed by atoms with Crippen LogP contribution in [-0.4, -0.2) is 62.9 Å². The maximum absolute atomic E-state index is 14.1. The molecular formula is C38H41Cl2N3O7S. The van der Waals surface area contributed by atoms with Crippen LogP contribution in [-0.2, 0) is 34.5 Å². The summed E-state index contributed by atoms with van der Waals surface area (Å²) in [6.07, 6.45) is 5.84. The van der Waals surface area contributed by atoms with Crippen molar-refractivity contribution in [2.75, 3.05) is 41.0 Å². The van der Waals surface area contributed by atoms with E-state index in [4.69, 9.17) is 37.4 Å². The fourth-order valence-corrected chi connectivity index (χ4v) is 8.84. The Morgan fingerprint density at radius 2 is 1.78 bits per heavy atom. The first kappa shape index (κ1) is 36.9. The molecular weight excluding hydrogens is 713 g/mol. The number of fused-ring (bicyclic) bond motifs is 1. The van der Waals surface area contributed by atoms with Gasteiger partial charge in [-0.15, -0.1) is 11.3 Å². The Bertz CT molecular complexity index is 1890. The highest BCUT2D eigenvalue weighted by Crippen LogP contribution is 2.42. The zero-order valence-corrected chi connectivity index (χ0v) is 31.1. The molecule has 0 bridgehead atoms. The second kappa shape index (κ2) is 15.8. The number of rotatable bonds is 13. The van der Waals surface area contributed by atoms with Crippen LogP contribution < -0.4 is 19.5 Å². The number of pyridine rings is 1. The summed E-state index contributed by atoms with van der Waals surface area (Å²) in [5.74, 6) is -0.657. The van der Waals surface area contributed by atoms with E-state index >= 15 is 0 Å². The summed E-state index contributed by atoms with van der Waals surface area (Å²) in [7, 11) is 5.17. The number of carboxylic acids is 1. The Kier molecular flexibility index (Phi) is 11.4. The number of halogens is 2.